The molecule has 2 fully saturated rings. The van der Waals surface area contributed by atoms with Crippen LogP contribution in [0.4, 0.5) is 4.39 Å². The Bertz CT molecular complexity index is 1620. The van der Waals surface area contributed by atoms with E-state index >= 15 is 0 Å². The van der Waals surface area contributed by atoms with Gasteiger partial charge in [0.05, 0.1) is 47.4 Å². The van der Waals surface area contributed by atoms with Gasteiger partial charge in [-0.2, -0.15) is 5.26 Å². The Hall–Kier alpha value is -4.33. The van der Waals surface area contributed by atoms with Crippen LogP contribution in [0.2, 0.25) is 0 Å². The number of aromatic carboxylic acids is 1. The zero-order valence-electron chi connectivity index (χ0n) is 22.5. The molecule has 4 heterocycles. The molecule has 0 spiro atoms. The van der Waals surface area contributed by atoms with Crippen LogP contribution in [-0.4, -0.2) is 62.4 Å². The van der Waals surface area contributed by atoms with Crippen LogP contribution in [0.15, 0.2) is 54.6 Å². The lowest BCUT2D eigenvalue weighted by atomic mass is 10.1. The summed E-state index contributed by atoms with van der Waals surface area (Å²) in [6, 6.07) is 17.0. The zero-order chi connectivity index (χ0) is 28.3. The maximum absolute atomic E-state index is 14.4. The highest BCUT2D eigenvalue weighted by Gasteiger charge is 2.26. The molecule has 2 aliphatic heterocycles. The van der Waals surface area contributed by atoms with Crippen molar-refractivity contribution in [3.63, 3.8) is 0 Å². The van der Waals surface area contributed by atoms with E-state index in [4.69, 9.17) is 19.7 Å². The average molecular weight is 556 g/mol. The lowest BCUT2D eigenvalue weighted by molar-refractivity contribution is -0.0592. The van der Waals surface area contributed by atoms with E-state index in [1.54, 1.807) is 30.3 Å². The predicted molar refractivity (Wildman–Crippen MR) is 148 cm³/mol. The summed E-state index contributed by atoms with van der Waals surface area (Å²) in [5.41, 5.74) is 3.33. The highest BCUT2D eigenvalue weighted by Crippen LogP contribution is 2.25. The van der Waals surface area contributed by atoms with Crippen molar-refractivity contribution in [2.45, 2.75) is 51.0 Å². The van der Waals surface area contributed by atoms with Gasteiger partial charge in [0.1, 0.15) is 17.7 Å². The number of piperidine rings is 1. The van der Waals surface area contributed by atoms with Gasteiger partial charge in [0.25, 0.3) is 0 Å². The molecule has 9 nitrogen and oxygen atoms in total. The molecule has 2 aromatic carbocycles. The van der Waals surface area contributed by atoms with E-state index in [1.807, 2.05) is 24.3 Å². The number of pyridine rings is 1. The van der Waals surface area contributed by atoms with Crippen molar-refractivity contribution >= 4 is 17.0 Å². The minimum Gasteiger partial charge on any atom is -0.478 e. The van der Waals surface area contributed by atoms with Crippen LogP contribution in [0.3, 0.4) is 0 Å². The number of carboxylic acid groups (broad SMARTS) is 1. The fraction of sp³-hybridized carbons (Fsp3) is 0.355. The number of imidazole rings is 1. The first-order valence-electron chi connectivity index (χ1n) is 13.8. The van der Waals surface area contributed by atoms with Crippen LogP contribution >= 0.6 is 0 Å². The van der Waals surface area contributed by atoms with E-state index in [2.05, 4.69) is 14.5 Å². The molecule has 1 atom stereocenters. The lowest BCUT2D eigenvalue weighted by Gasteiger charge is -2.32. The van der Waals surface area contributed by atoms with Gasteiger partial charge < -0.3 is 19.1 Å². The fourth-order valence-electron chi connectivity index (χ4n) is 5.40. The number of hydrogen-bond acceptors (Lipinski definition) is 7. The molecule has 0 aliphatic carbocycles. The quantitative estimate of drug-likeness (QED) is 0.320. The molecular weight excluding hydrogens is 525 g/mol. The highest BCUT2D eigenvalue weighted by atomic mass is 19.1. The predicted octanol–water partition coefficient (Wildman–Crippen LogP) is 4.56. The Morgan fingerprint density at radius 1 is 1.12 bits per heavy atom. The van der Waals surface area contributed by atoms with Crippen molar-refractivity contribution < 1.29 is 23.8 Å². The van der Waals surface area contributed by atoms with E-state index < -0.39 is 11.8 Å². The van der Waals surface area contributed by atoms with Gasteiger partial charge in [-0.3, -0.25) is 4.90 Å². The second-order valence-corrected chi connectivity index (χ2v) is 10.6. The summed E-state index contributed by atoms with van der Waals surface area (Å²) in [6.07, 6.45) is 3.08. The minimum absolute atomic E-state index is 0.0148. The fourth-order valence-corrected chi connectivity index (χ4v) is 5.40. The topological polar surface area (TPSA) is 114 Å². The number of rotatable bonds is 9. The number of halogens is 1. The SMILES string of the molecule is N#Cc1ccc(Cc2cccc(OC3CCN(Cc4nc5ccc(C(=O)O)cc5n4C[C@@H]4CCO4)CC3)n2)c(F)c1. The van der Waals surface area contributed by atoms with E-state index in [0.717, 1.165) is 55.8 Å². The molecule has 0 bridgehead atoms. The smallest absolute Gasteiger partial charge is 0.335 e. The standard InChI is InChI=1S/C31H30FN5O4/c32-26-14-20(17-33)4-5-21(26)15-23-2-1-3-30(34-23)41-24-8-11-36(12-9-24)19-29-35-27-7-6-22(31(38)39)16-28(27)37(29)18-25-10-13-40-25/h1-7,14,16,24-25H,8-13,15,18-19H2,(H,38,39)/t25-/m0/s1. The summed E-state index contributed by atoms with van der Waals surface area (Å²) in [6.45, 7) is 3.71. The average Bonchev–Trinajstić information content (AvgIpc) is 3.29. The third-order valence-corrected chi connectivity index (χ3v) is 7.78. The second kappa shape index (κ2) is 11.6. The molecule has 2 aromatic heterocycles. The highest BCUT2D eigenvalue weighted by molar-refractivity contribution is 5.92. The number of ether oxygens (including phenoxy) is 2. The number of nitrogens with zero attached hydrogens (tertiary/aromatic N) is 5. The molecule has 210 valence electrons. The molecule has 0 amide bonds. The lowest BCUT2D eigenvalue weighted by Crippen LogP contribution is -2.39. The van der Waals surface area contributed by atoms with Crippen LogP contribution in [0.25, 0.3) is 11.0 Å². The first-order chi connectivity index (χ1) is 19.9. The third kappa shape index (κ3) is 6.06. The van der Waals surface area contributed by atoms with Gasteiger partial charge in [-0.15, -0.1) is 0 Å². The zero-order valence-corrected chi connectivity index (χ0v) is 22.5. The molecule has 0 radical (unpaired) electrons. The largest absolute Gasteiger partial charge is 0.478 e. The summed E-state index contributed by atoms with van der Waals surface area (Å²) in [5, 5.41) is 18.4. The minimum atomic E-state index is -0.954. The molecule has 0 unspecified atom stereocenters. The van der Waals surface area contributed by atoms with E-state index in [1.165, 1.54) is 6.07 Å². The number of nitriles is 1. The molecule has 41 heavy (non-hydrogen) atoms. The Kier molecular flexibility index (Phi) is 7.63. The van der Waals surface area contributed by atoms with Crippen molar-refractivity contribution in [3.8, 4) is 11.9 Å². The summed E-state index contributed by atoms with van der Waals surface area (Å²) >= 11 is 0. The van der Waals surface area contributed by atoms with Gasteiger partial charge in [-0.25, -0.2) is 19.2 Å². The van der Waals surface area contributed by atoms with Crippen LogP contribution in [-0.2, 0) is 24.2 Å². The van der Waals surface area contributed by atoms with E-state index in [0.29, 0.717) is 42.2 Å². The number of likely N-dealkylation sites (tertiary alicyclic amines) is 1. The van der Waals surface area contributed by atoms with Crippen molar-refractivity contribution in [2.75, 3.05) is 19.7 Å². The van der Waals surface area contributed by atoms with Crippen LogP contribution in [0.1, 0.15) is 52.3 Å². The van der Waals surface area contributed by atoms with Crippen molar-refractivity contribution in [1.82, 2.24) is 19.4 Å². The Morgan fingerprint density at radius 2 is 1.95 bits per heavy atom. The van der Waals surface area contributed by atoms with Crippen LogP contribution in [0, 0.1) is 17.1 Å². The molecule has 0 saturated carbocycles. The first-order valence-corrected chi connectivity index (χ1v) is 13.8. The molecule has 2 saturated heterocycles. The molecule has 10 heteroatoms. The molecule has 4 aromatic rings. The first kappa shape index (κ1) is 26.9. The maximum Gasteiger partial charge on any atom is 0.335 e. The Balaban J connectivity index is 1.09. The van der Waals surface area contributed by atoms with Gasteiger partial charge in [-0.1, -0.05) is 12.1 Å². The number of aromatic nitrogens is 3. The molecule has 1 N–H and O–H groups in total. The van der Waals surface area contributed by atoms with Crippen LogP contribution < -0.4 is 4.74 Å². The van der Waals surface area contributed by atoms with Crippen molar-refractivity contribution in [2.24, 2.45) is 0 Å². The van der Waals surface area contributed by atoms with Gasteiger partial charge in [0.2, 0.25) is 5.88 Å². The monoisotopic (exact) mass is 555 g/mol. The number of benzene rings is 2. The summed E-state index contributed by atoms with van der Waals surface area (Å²) in [5.74, 6) is 0.0542. The Labute approximate surface area is 236 Å². The molecular formula is C31H30FN5O4. The normalized spacial score (nSPS) is 17.7. The summed E-state index contributed by atoms with van der Waals surface area (Å²) in [7, 11) is 0. The summed E-state index contributed by atoms with van der Waals surface area (Å²) in [4.78, 5) is 23.4. The molecule has 6 rings (SSSR count). The van der Waals surface area contributed by atoms with Gasteiger partial charge in [0.15, 0.2) is 0 Å². The van der Waals surface area contributed by atoms with Gasteiger partial charge in [-0.05, 0) is 61.2 Å². The number of carboxylic acids is 1. The maximum atomic E-state index is 14.4. The molecule has 2 aliphatic rings. The number of fused-ring (bicyclic) bond motifs is 1. The number of hydrogen-bond donors (Lipinski definition) is 1. The summed E-state index contributed by atoms with van der Waals surface area (Å²) < 4.78 is 28.4. The van der Waals surface area contributed by atoms with Crippen LogP contribution in [0.5, 0.6) is 5.88 Å². The van der Waals surface area contributed by atoms with Crippen molar-refractivity contribution in [1.29, 1.82) is 5.26 Å². The number of carbonyl (C=O) groups is 1. The van der Waals surface area contributed by atoms with Gasteiger partial charge >= 0.3 is 5.97 Å². The Morgan fingerprint density at radius 3 is 2.66 bits per heavy atom. The van der Waals surface area contributed by atoms with Crippen molar-refractivity contribution in [3.05, 3.63) is 88.6 Å². The van der Waals surface area contributed by atoms with E-state index in [9.17, 15) is 14.3 Å². The second-order valence-electron chi connectivity index (χ2n) is 10.6. The van der Waals surface area contributed by atoms with E-state index in [-0.39, 0.29) is 17.8 Å². The van der Waals surface area contributed by atoms with Gasteiger partial charge in [0, 0.05) is 37.9 Å². The third-order valence-electron chi connectivity index (χ3n) is 7.78.